The summed E-state index contributed by atoms with van der Waals surface area (Å²) in [4.78, 5) is 24.4. The van der Waals surface area contributed by atoms with Crippen LogP contribution in [0, 0.1) is 50.2 Å². The van der Waals surface area contributed by atoms with Crippen molar-refractivity contribution in [3.63, 3.8) is 0 Å². The maximum absolute atomic E-state index is 12.6. The van der Waals surface area contributed by atoms with Gasteiger partial charge in [-0.05, 0) is 104 Å². The normalized spacial score (nSPS) is 51.5. The second kappa shape index (κ2) is 13.2. The van der Waals surface area contributed by atoms with E-state index in [-0.39, 0.29) is 75.3 Å². The first-order valence-electron chi connectivity index (χ1n) is 20.2. The molecule has 0 amide bonds. The van der Waals surface area contributed by atoms with E-state index in [1.54, 1.807) is 6.92 Å². The zero-order valence-corrected chi connectivity index (χ0v) is 33.3. The summed E-state index contributed by atoms with van der Waals surface area (Å²) in [5.74, 6) is -1.24. The molecule has 2 aliphatic heterocycles. The van der Waals surface area contributed by atoms with Crippen LogP contribution in [0.1, 0.15) is 120 Å². The first kappa shape index (κ1) is 40.1. The van der Waals surface area contributed by atoms with Gasteiger partial charge in [0.2, 0.25) is 12.1 Å². The molecule has 16 atom stereocenters. The molecule has 12 nitrogen and oxygen atoms in total. The fourth-order valence-corrected chi connectivity index (χ4v) is 13.4. The van der Waals surface area contributed by atoms with Gasteiger partial charge in [-0.15, -0.1) is 0 Å². The number of hydrogen-bond acceptors (Lipinski definition) is 11. The lowest BCUT2D eigenvalue weighted by molar-refractivity contribution is -0.327. The topological polar surface area (TPSA) is 192 Å². The van der Waals surface area contributed by atoms with Crippen LogP contribution < -0.4 is 0 Å². The minimum atomic E-state index is -1.80. The van der Waals surface area contributed by atoms with Crippen LogP contribution in [0.25, 0.3) is 0 Å². The number of fused-ring (bicyclic) bond motifs is 7. The summed E-state index contributed by atoms with van der Waals surface area (Å²) >= 11 is 0. The summed E-state index contributed by atoms with van der Waals surface area (Å²) in [6, 6.07) is 0. The van der Waals surface area contributed by atoms with E-state index in [1.165, 1.54) is 5.57 Å². The van der Waals surface area contributed by atoms with Gasteiger partial charge in [0.15, 0.2) is 18.2 Å². The second-order valence-electron chi connectivity index (χ2n) is 20.2. The number of aliphatic hydroxyl groups is 5. The molecule has 0 radical (unpaired) electrons. The third kappa shape index (κ3) is 5.77. The van der Waals surface area contributed by atoms with E-state index in [4.69, 9.17) is 18.9 Å². The Hall–Kier alpha value is -2.06. The van der Waals surface area contributed by atoms with Crippen molar-refractivity contribution in [2.24, 2.45) is 50.2 Å². The standard InChI is InChI=1S/C42H64O12/c1-21-30(45)24(44)17-29(51-21)52-28-19-37(2,3)18-23-22-9-10-26-39(5)13-12-27(53-36-33(48)31(46)32(47)34(54-36)35(49)50)40(6,20-43)25(39)11-14-42(26,8)41(22,7)16-15-38(23,28)4/h9,23,25-29,31-34,36,43,45-48H,10-20H2,1-8H3,(H,49,50)/t23-,25?,26?,27-,28+,29?,31-,32-,33+,34-,36+,38+,39-,40+,41+,42+/m0/s1. The van der Waals surface area contributed by atoms with E-state index in [9.17, 15) is 40.2 Å². The van der Waals surface area contributed by atoms with E-state index < -0.39 is 54.5 Å². The summed E-state index contributed by atoms with van der Waals surface area (Å²) in [6.07, 6.45) is 0.673. The predicted molar refractivity (Wildman–Crippen MR) is 195 cm³/mol. The number of aliphatic hydroxyl groups excluding tert-OH is 5. The minimum absolute atomic E-state index is 0.00160. The summed E-state index contributed by atoms with van der Waals surface area (Å²) < 4.78 is 24.6. The Morgan fingerprint density at radius 2 is 1.57 bits per heavy atom. The number of carboxylic acid groups (broad SMARTS) is 1. The highest BCUT2D eigenvalue weighted by Crippen LogP contribution is 2.76. The number of carboxylic acids is 1. The molecule has 0 bridgehead atoms. The van der Waals surface area contributed by atoms with Gasteiger partial charge in [-0.2, -0.15) is 0 Å². The molecule has 3 unspecified atom stereocenters. The lowest BCUT2D eigenvalue weighted by Gasteiger charge is -2.72. The van der Waals surface area contributed by atoms with E-state index in [0.717, 1.165) is 51.4 Å². The van der Waals surface area contributed by atoms with Crippen molar-refractivity contribution in [2.45, 2.75) is 169 Å². The van der Waals surface area contributed by atoms with E-state index in [1.807, 2.05) is 6.92 Å². The molecule has 0 aromatic rings. The van der Waals surface area contributed by atoms with Gasteiger partial charge in [-0.1, -0.05) is 60.1 Å². The smallest absolute Gasteiger partial charge is 0.335 e. The lowest BCUT2D eigenvalue weighted by Crippen LogP contribution is -2.67. The molecule has 54 heavy (non-hydrogen) atoms. The Labute approximate surface area is 319 Å². The van der Waals surface area contributed by atoms with Crippen molar-refractivity contribution in [3.05, 3.63) is 23.2 Å². The van der Waals surface area contributed by atoms with Crippen LogP contribution >= 0.6 is 0 Å². The number of aliphatic carboxylic acids is 1. The number of rotatable bonds is 6. The average molecular weight is 761 g/mol. The van der Waals surface area contributed by atoms with Gasteiger partial charge in [0.05, 0.1) is 25.2 Å². The summed E-state index contributed by atoms with van der Waals surface area (Å²) in [5, 5.41) is 62.4. The number of carbonyl (C=O) groups excluding carboxylic acids is 1. The van der Waals surface area contributed by atoms with E-state index in [0.29, 0.717) is 12.3 Å². The molecule has 5 aliphatic carbocycles. The quantitative estimate of drug-likeness (QED) is 0.154. The molecule has 6 N–H and O–H groups in total. The Balaban J connectivity index is 1.16. The van der Waals surface area contributed by atoms with Gasteiger partial charge >= 0.3 is 5.97 Å². The molecule has 304 valence electrons. The van der Waals surface area contributed by atoms with Crippen LogP contribution in [-0.4, -0.2) is 98.2 Å². The lowest BCUT2D eigenvalue weighted by atomic mass is 9.33. The van der Waals surface area contributed by atoms with Crippen LogP contribution in [0.4, 0.5) is 0 Å². The van der Waals surface area contributed by atoms with Crippen molar-refractivity contribution < 1.29 is 59.2 Å². The number of Topliss-reactive ketones (excluding diaryl/α,β-unsaturated/α-hetero) is 1. The zero-order chi connectivity index (χ0) is 39.6. The SMILES string of the molecule is CC1=C(O)C(=O)CC(O[C@@H]2CC(C)(C)C[C@H]3C4=CCC5[C@@]6(C)CC[C@H](O[C@@H]7O[C@H](C(=O)O)[C@@H](O)[C@H](O)[C@H]7O)[C@](C)(CO)C6CC[C@@]5(C)[C@]4(C)CC[C@@]23C)O1. The molecule has 0 spiro atoms. The summed E-state index contributed by atoms with van der Waals surface area (Å²) in [5.41, 5.74) is 0.387. The number of ketones is 1. The zero-order valence-electron chi connectivity index (χ0n) is 33.3. The molecule has 4 saturated carbocycles. The number of hydrogen-bond donors (Lipinski definition) is 6. The first-order valence-corrected chi connectivity index (χ1v) is 20.2. The molecule has 7 aliphatic rings. The van der Waals surface area contributed by atoms with Gasteiger partial charge in [0.1, 0.15) is 24.1 Å². The molecule has 0 aromatic heterocycles. The first-order chi connectivity index (χ1) is 25.1. The molecule has 1 saturated heterocycles. The van der Waals surface area contributed by atoms with Crippen molar-refractivity contribution >= 4 is 11.8 Å². The van der Waals surface area contributed by atoms with Gasteiger partial charge < -0.3 is 49.6 Å². The Kier molecular flexibility index (Phi) is 9.85. The molecular weight excluding hydrogens is 696 g/mol. The largest absolute Gasteiger partial charge is 0.502 e. The van der Waals surface area contributed by atoms with Gasteiger partial charge in [-0.25, -0.2) is 4.79 Å². The fraction of sp³-hybridized carbons (Fsp3) is 0.857. The molecular formula is C42H64O12. The highest BCUT2D eigenvalue weighted by atomic mass is 16.7. The molecule has 12 heteroatoms. The summed E-state index contributed by atoms with van der Waals surface area (Å²) in [6.45, 7) is 17.9. The van der Waals surface area contributed by atoms with Gasteiger partial charge in [0, 0.05) is 10.8 Å². The molecule has 5 fully saturated rings. The summed E-state index contributed by atoms with van der Waals surface area (Å²) in [7, 11) is 0. The number of allylic oxidation sites excluding steroid dienone is 4. The van der Waals surface area contributed by atoms with Crippen molar-refractivity contribution in [3.8, 4) is 0 Å². The van der Waals surface area contributed by atoms with Crippen molar-refractivity contribution in [1.29, 1.82) is 0 Å². The van der Waals surface area contributed by atoms with E-state index >= 15 is 0 Å². The van der Waals surface area contributed by atoms with Crippen LogP contribution in [0.5, 0.6) is 0 Å². The average Bonchev–Trinajstić information content (AvgIpc) is 3.09. The third-order valence-electron chi connectivity index (χ3n) is 16.9. The predicted octanol–water partition coefficient (Wildman–Crippen LogP) is 5.16. The molecule has 7 rings (SSSR count). The Bertz CT molecular complexity index is 1590. The van der Waals surface area contributed by atoms with E-state index in [2.05, 4.69) is 47.6 Å². The fourth-order valence-electron chi connectivity index (χ4n) is 13.4. The van der Waals surface area contributed by atoms with Gasteiger partial charge in [-0.3, -0.25) is 4.79 Å². The third-order valence-corrected chi connectivity index (χ3v) is 16.9. The highest BCUT2D eigenvalue weighted by Gasteiger charge is 2.70. The maximum Gasteiger partial charge on any atom is 0.335 e. The number of ether oxygens (including phenoxy) is 4. The van der Waals surface area contributed by atoms with Crippen LogP contribution in [-0.2, 0) is 28.5 Å². The van der Waals surface area contributed by atoms with Crippen molar-refractivity contribution in [2.75, 3.05) is 6.61 Å². The van der Waals surface area contributed by atoms with Crippen LogP contribution in [0.15, 0.2) is 23.2 Å². The van der Waals surface area contributed by atoms with Crippen LogP contribution in [0.3, 0.4) is 0 Å². The van der Waals surface area contributed by atoms with Crippen molar-refractivity contribution in [1.82, 2.24) is 0 Å². The molecule has 2 heterocycles. The van der Waals surface area contributed by atoms with Gasteiger partial charge in [0.25, 0.3) is 0 Å². The van der Waals surface area contributed by atoms with Crippen LogP contribution in [0.2, 0.25) is 0 Å². The number of carbonyl (C=O) groups is 2. The highest BCUT2D eigenvalue weighted by molar-refractivity contribution is 5.94. The Morgan fingerprint density at radius 3 is 2.22 bits per heavy atom. The second-order valence-corrected chi connectivity index (χ2v) is 20.2. The Morgan fingerprint density at radius 1 is 0.870 bits per heavy atom. The molecule has 0 aromatic carbocycles. The monoisotopic (exact) mass is 760 g/mol. The minimum Gasteiger partial charge on any atom is -0.502 e. The maximum atomic E-state index is 12.6.